The predicted octanol–water partition coefficient (Wildman–Crippen LogP) is -0.132. The van der Waals surface area contributed by atoms with Crippen molar-refractivity contribution in [3.8, 4) is 5.75 Å². The number of carbonyl (C=O) groups is 5. The molecular formula is C28H37N7O6. The molecule has 0 aliphatic carbocycles. The number of aromatic nitrogens is 2. The van der Waals surface area contributed by atoms with Crippen LogP contribution in [0, 0.1) is 5.92 Å². The zero-order valence-electron chi connectivity index (χ0n) is 23.7. The molecule has 0 saturated carbocycles. The van der Waals surface area contributed by atoms with Gasteiger partial charge >= 0.3 is 0 Å². The van der Waals surface area contributed by atoms with Gasteiger partial charge in [-0.1, -0.05) is 26.0 Å². The van der Waals surface area contributed by atoms with Crippen LogP contribution >= 0.6 is 0 Å². The molecule has 13 heteroatoms. The molecule has 0 saturated heterocycles. The van der Waals surface area contributed by atoms with Crippen LogP contribution in [0.3, 0.4) is 0 Å². The van der Waals surface area contributed by atoms with Gasteiger partial charge in [0.15, 0.2) is 0 Å². The summed E-state index contributed by atoms with van der Waals surface area (Å²) < 4.78 is 5.76. The fraction of sp³-hybridized carbons (Fsp3) is 0.464. The second-order valence-corrected chi connectivity index (χ2v) is 10.5. The highest BCUT2D eigenvalue weighted by Crippen LogP contribution is 2.18. The van der Waals surface area contributed by atoms with E-state index in [4.69, 9.17) is 4.74 Å². The van der Waals surface area contributed by atoms with Crippen molar-refractivity contribution in [3.05, 3.63) is 54.1 Å². The molecule has 0 spiro atoms. The van der Waals surface area contributed by atoms with Crippen molar-refractivity contribution in [2.24, 2.45) is 5.92 Å². The van der Waals surface area contributed by atoms with Gasteiger partial charge in [0.1, 0.15) is 30.0 Å². The summed E-state index contributed by atoms with van der Waals surface area (Å²) in [5.74, 6) is -2.87. The molecule has 2 atom stereocenters. The minimum Gasteiger partial charge on any atom is -0.491 e. The SMILES string of the molecule is CC(C)[C@H]1NC(=O)C(C)(C)NC(=O)C[C@@H](C(=O)NCCc2cnccn2)NC(=O)c2ccccc2OCCNC1=O. The van der Waals surface area contributed by atoms with Crippen LogP contribution in [0.2, 0.25) is 0 Å². The minimum atomic E-state index is -1.43. The number of fused-ring (bicyclic) bond motifs is 1. The molecule has 13 nitrogen and oxygen atoms in total. The predicted molar refractivity (Wildman–Crippen MR) is 149 cm³/mol. The zero-order valence-corrected chi connectivity index (χ0v) is 23.7. The average Bonchev–Trinajstić information content (AvgIpc) is 2.93. The van der Waals surface area contributed by atoms with E-state index in [1.807, 2.05) is 0 Å². The lowest BCUT2D eigenvalue weighted by Gasteiger charge is -2.30. The number of rotatable bonds is 5. The molecule has 2 heterocycles. The molecule has 1 aromatic heterocycles. The third kappa shape index (κ3) is 8.98. The highest BCUT2D eigenvalue weighted by molar-refractivity contribution is 6.01. The number of hydrogen-bond donors (Lipinski definition) is 5. The van der Waals surface area contributed by atoms with E-state index in [0.717, 1.165) is 0 Å². The van der Waals surface area contributed by atoms with E-state index in [-0.39, 0.29) is 36.9 Å². The monoisotopic (exact) mass is 567 g/mol. The molecule has 1 aliphatic heterocycles. The van der Waals surface area contributed by atoms with E-state index < -0.39 is 53.6 Å². The van der Waals surface area contributed by atoms with E-state index in [0.29, 0.717) is 12.1 Å². The summed E-state index contributed by atoms with van der Waals surface area (Å²) in [6.07, 6.45) is 4.60. The van der Waals surface area contributed by atoms with Gasteiger partial charge in [-0.15, -0.1) is 0 Å². The van der Waals surface area contributed by atoms with Crippen molar-refractivity contribution < 1.29 is 28.7 Å². The van der Waals surface area contributed by atoms with E-state index >= 15 is 0 Å². The number of benzene rings is 1. The maximum absolute atomic E-state index is 13.3. The van der Waals surface area contributed by atoms with Gasteiger partial charge in [-0.25, -0.2) is 0 Å². The molecule has 3 rings (SSSR count). The van der Waals surface area contributed by atoms with Crippen LogP contribution in [-0.4, -0.2) is 76.8 Å². The Kier molecular flexibility index (Phi) is 10.7. The molecule has 2 aromatic rings. The summed E-state index contributed by atoms with van der Waals surface area (Å²) in [6, 6.07) is 4.32. The van der Waals surface area contributed by atoms with E-state index in [1.165, 1.54) is 32.3 Å². The van der Waals surface area contributed by atoms with Crippen molar-refractivity contribution in [1.29, 1.82) is 0 Å². The summed E-state index contributed by atoms with van der Waals surface area (Å²) in [7, 11) is 0. The standard InChI is InChI=1S/C28H37N7O6/c1-17(2)23-26(39)32-13-14-41-21-8-6-5-7-19(21)24(37)33-20(15-22(36)35-28(3,4)27(40)34-23)25(38)31-10-9-18-16-29-11-12-30-18/h5-8,11-12,16-17,20,23H,9-10,13-15H2,1-4H3,(H,31,38)(H,32,39)(H,33,37)(H,34,40)(H,35,36)/t20-,23+/m0/s1. The lowest BCUT2D eigenvalue weighted by Crippen LogP contribution is -2.60. The number of hydrogen-bond acceptors (Lipinski definition) is 8. The Morgan fingerprint density at radius 3 is 2.59 bits per heavy atom. The maximum Gasteiger partial charge on any atom is 0.255 e. The normalized spacial score (nSPS) is 20.3. The van der Waals surface area contributed by atoms with Gasteiger partial charge < -0.3 is 31.3 Å². The Morgan fingerprint density at radius 1 is 1.12 bits per heavy atom. The van der Waals surface area contributed by atoms with Crippen molar-refractivity contribution in [2.75, 3.05) is 19.7 Å². The summed E-state index contributed by atoms with van der Waals surface area (Å²) in [5, 5.41) is 13.4. The molecule has 5 N–H and O–H groups in total. The van der Waals surface area contributed by atoms with Crippen LogP contribution in [0.25, 0.3) is 0 Å². The molecule has 1 aliphatic rings. The summed E-state index contributed by atoms with van der Waals surface area (Å²) in [6.45, 7) is 6.91. The average molecular weight is 568 g/mol. The minimum absolute atomic E-state index is 0.0482. The van der Waals surface area contributed by atoms with Gasteiger partial charge in [0.2, 0.25) is 23.6 Å². The van der Waals surface area contributed by atoms with Crippen molar-refractivity contribution in [1.82, 2.24) is 36.6 Å². The van der Waals surface area contributed by atoms with Gasteiger partial charge in [-0.2, -0.15) is 0 Å². The second-order valence-electron chi connectivity index (χ2n) is 10.5. The Bertz CT molecular complexity index is 1250. The smallest absolute Gasteiger partial charge is 0.255 e. The molecule has 41 heavy (non-hydrogen) atoms. The lowest BCUT2D eigenvalue weighted by atomic mass is 9.99. The zero-order chi connectivity index (χ0) is 30.0. The quantitative estimate of drug-likeness (QED) is 0.331. The highest BCUT2D eigenvalue weighted by atomic mass is 16.5. The van der Waals surface area contributed by atoms with Crippen LogP contribution in [0.15, 0.2) is 42.9 Å². The molecule has 1 aromatic carbocycles. The topological polar surface area (TPSA) is 181 Å². The van der Waals surface area contributed by atoms with Crippen molar-refractivity contribution in [3.63, 3.8) is 0 Å². The van der Waals surface area contributed by atoms with E-state index in [1.54, 1.807) is 38.2 Å². The fourth-order valence-electron chi connectivity index (χ4n) is 4.06. The van der Waals surface area contributed by atoms with Crippen molar-refractivity contribution in [2.45, 2.75) is 58.2 Å². The summed E-state index contributed by atoms with van der Waals surface area (Å²) in [5.41, 5.74) is -0.612. The summed E-state index contributed by atoms with van der Waals surface area (Å²) in [4.78, 5) is 73.6. The first-order valence-electron chi connectivity index (χ1n) is 13.4. The van der Waals surface area contributed by atoms with Crippen LogP contribution in [-0.2, 0) is 25.6 Å². The fourth-order valence-corrected chi connectivity index (χ4v) is 4.06. The van der Waals surface area contributed by atoms with Gasteiger partial charge in [-0.3, -0.25) is 33.9 Å². The molecule has 220 valence electrons. The molecule has 0 unspecified atom stereocenters. The van der Waals surface area contributed by atoms with Gasteiger partial charge in [-0.05, 0) is 31.9 Å². The Labute approximate surface area is 238 Å². The Morgan fingerprint density at radius 2 is 1.88 bits per heavy atom. The molecule has 0 radical (unpaired) electrons. The molecule has 0 bridgehead atoms. The first-order valence-corrected chi connectivity index (χ1v) is 13.4. The van der Waals surface area contributed by atoms with Crippen LogP contribution in [0.1, 0.15) is 50.2 Å². The highest BCUT2D eigenvalue weighted by Gasteiger charge is 2.35. The second kappa shape index (κ2) is 14.2. The van der Waals surface area contributed by atoms with E-state index in [2.05, 4.69) is 36.6 Å². The largest absolute Gasteiger partial charge is 0.491 e. The van der Waals surface area contributed by atoms with Gasteiger partial charge in [0.25, 0.3) is 5.91 Å². The maximum atomic E-state index is 13.3. The Hall–Kier alpha value is -4.55. The van der Waals surface area contributed by atoms with Crippen LogP contribution in [0.5, 0.6) is 5.75 Å². The Balaban J connectivity index is 1.85. The number of para-hydroxylation sites is 1. The van der Waals surface area contributed by atoms with Crippen LogP contribution in [0.4, 0.5) is 0 Å². The third-order valence-electron chi connectivity index (χ3n) is 6.35. The number of nitrogens with one attached hydrogen (secondary N) is 5. The lowest BCUT2D eigenvalue weighted by molar-refractivity contribution is -0.136. The van der Waals surface area contributed by atoms with Crippen molar-refractivity contribution >= 4 is 29.5 Å². The number of carbonyl (C=O) groups excluding carboxylic acids is 5. The summed E-state index contributed by atoms with van der Waals surface area (Å²) >= 11 is 0. The number of nitrogens with zero attached hydrogens (tertiary/aromatic N) is 2. The molecule has 0 fully saturated rings. The van der Waals surface area contributed by atoms with Gasteiger partial charge in [0, 0.05) is 31.6 Å². The van der Waals surface area contributed by atoms with Crippen LogP contribution < -0.4 is 31.3 Å². The third-order valence-corrected chi connectivity index (χ3v) is 6.35. The molecular weight excluding hydrogens is 530 g/mol. The first-order chi connectivity index (χ1) is 19.5. The first kappa shape index (κ1) is 31.0. The van der Waals surface area contributed by atoms with Gasteiger partial charge in [0.05, 0.1) is 24.2 Å². The number of ether oxygens (including phenoxy) is 1. The van der Waals surface area contributed by atoms with E-state index in [9.17, 15) is 24.0 Å². The molecule has 5 amide bonds. The number of amides is 5.